The lowest BCUT2D eigenvalue weighted by Gasteiger charge is -2.28. The van der Waals surface area contributed by atoms with E-state index >= 15 is 0 Å². The number of benzene rings is 2. The lowest BCUT2D eigenvalue weighted by Crippen LogP contribution is -2.24. The van der Waals surface area contributed by atoms with Gasteiger partial charge in [-0.1, -0.05) is 30.3 Å². The van der Waals surface area contributed by atoms with Crippen LogP contribution in [0.5, 0.6) is 5.75 Å². The highest BCUT2D eigenvalue weighted by atomic mass is 32.2. The van der Waals surface area contributed by atoms with Crippen LogP contribution in [0, 0.1) is 0 Å². The molecule has 0 saturated heterocycles. The van der Waals surface area contributed by atoms with Gasteiger partial charge in [0.1, 0.15) is 5.75 Å². The molecule has 0 fully saturated rings. The van der Waals surface area contributed by atoms with Crippen LogP contribution in [0.25, 0.3) is 0 Å². The van der Waals surface area contributed by atoms with Crippen molar-refractivity contribution in [2.45, 2.75) is 17.9 Å². The Kier molecular flexibility index (Phi) is 4.72. The van der Waals surface area contributed by atoms with E-state index < -0.39 is 6.10 Å². The molecule has 0 amide bonds. The molecular weight excluding hydrogens is 308 g/mol. The number of ether oxygens (including phenoxy) is 2. The molecule has 23 heavy (non-hydrogen) atoms. The number of thioether (sulfide) groups is 1. The highest BCUT2D eigenvalue weighted by molar-refractivity contribution is 7.98. The Hall–Kier alpha value is -2.20. The van der Waals surface area contributed by atoms with E-state index in [0.29, 0.717) is 23.5 Å². The number of carbonyl (C=O) groups is 1. The minimum absolute atomic E-state index is 0.0375. The molecule has 1 unspecified atom stereocenters. The third kappa shape index (κ3) is 3.13. The molecular formula is C19H18O3S. The Balaban J connectivity index is 2.08. The van der Waals surface area contributed by atoms with Gasteiger partial charge in [-0.15, -0.1) is 11.8 Å². The maximum atomic E-state index is 12.9. The van der Waals surface area contributed by atoms with E-state index in [0.717, 1.165) is 10.5 Å². The van der Waals surface area contributed by atoms with Gasteiger partial charge in [0.25, 0.3) is 0 Å². The van der Waals surface area contributed by atoms with E-state index in [2.05, 4.69) is 0 Å². The van der Waals surface area contributed by atoms with E-state index in [1.54, 1.807) is 11.8 Å². The van der Waals surface area contributed by atoms with Gasteiger partial charge in [-0.2, -0.15) is 0 Å². The summed E-state index contributed by atoms with van der Waals surface area (Å²) in [6.45, 7) is 2.40. The summed E-state index contributed by atoms with van der Waals surface area (Å²) in [7, 11) is 0. The standard InChI is InChI=1S/C19H18O3S/c1-3-21-12-16-18(20)15-11-14(23-2)9-10-17(15)22-19(16)13-7-5-4-6-8-13/h4-12,19H,3H2,1-2H3/b16-12+. The van der Waals surface area contributed by atoms with Gasteiger partial charge in [0.15, 0.2) is 11.9 Å². The summed E-state index contributed by atoms with van der Waals surface area (Å²) in [5.74, 6) is 0.583. The maximum Gasteiger partial charge on any atom is 0.199 e. The largest absolute Gasteiger partial charge is 0.501 e. The van der Waals surface area contributed by atoms with Crippen LogP contribution in [0.2, 0.25) is 0 Å². The second kappa shape index (κ2) is 6.92. The smallest absolute Gasteiger partial charge is 0.199 e. The van der Waals surface area contributed by atoms with Gasteiger partial charge in [-0.25, -0.2) is 0 Å². The average Bonchev–Trinajstić information content (AvgIpc) is 2.61. The first-order valence-electron chi connectivity index (χ1n) is 7.50. The first-order valence-corrected chi connectivity index (χ1v) is 8.73. The molecule has 0 aliphatic carbocycles. The van der Waals surface area contributed by atoms with Crippen LogP contribution in [0.3, 0.4) is 0 Å². The first kappa shape index (κ1) is 15.7. The van der Waals surface area contributed by atoms with E-state index in [9.17, 15) is 4.79 Å². The van der Waals surface area contributed by atoms with Crippen LogP contribution >= 0.6 is 11.8 Å². The number of hydrogen-bond donors (Lipinski definition) is 0. The van der Waals surface area contributed by atoms with Crippen molar-refractivity contribution in [1.82, 2.24) is 0 Å². The number of hydrogen-bond acceptors (Lipinski definition) is 4. The third-order valence-corrected chi connectivity index (χ3v) is 4.43. The molecule has 0 radical (unpaired) electrons. The Morgan fingerprint density at radius 1 is 1.22 bits per heavy atom. The van der Waals surface area contributed by atoms with Crippen molar-refractivity contribution in [3.05, 3.63) is 71.5 Å². The van der Waals surface area contributed by atoms with Crippen LogP contribution in [-0.4, -0.2) is 18.6 Å². The van der Waals surface area contributed by atoms with Crippen LogP contribution in [0.1, 0.15) is 28.9 Å². The van der Waals surface area contributed by atoms with E-state index in [1.807, 2.05) is 61.7 Å². The molecule has 0 saturated carbocycles. The molecule has 3 nitrogen and oxygen atoms in total. The molecule has 1 heterocycles. The summed E-state index contributed by atoms with van der Waals surface area (Å²) in [6.07, 6.45) is 3.08. The number of Topliss-reactive ketones (excluding diaryl/α,β-unsaturated/α-hetero) is 1. The molecule has 2 aromatic rings. The van der Waals surface area contributed by atoms with Crippen LogP contribution in [0.4, 0.5) is 0 Å². The molecule has 0 N–H and O–H groups in total. The fourth-order valence-corrected chi connectivity index (χ4v) is 2.98. The molecule has 2 aromatic carbocycles. The summed E-state index contributed by atoms with van der Waals surface area (Å²) in [6, 6.07) is 15.4. The van der Waals surface area contributed by atoms with Crippen molar-refractivity contribution >= 4 is 17.5 Å². The van der Waals surface area contributed by atoms with Crippen molar-refractivity contribution in [1.29, 1.82) is 0 Å². The van der Waals surface area contributed by atoms with Crippen molar-refractivity contribution < 1.29 is 14.3 Å². The van der Waals surface area contributed by atoms with Crippen LogP contribution in [0.15, 0.2) is 65.3 Å². The molecule has 0 bridgehead atoms. The SMILES string of the molecule is CCO/C=C1\C(=O)c2cc(SC)ccc2OC1c1ccccc1. The predicted molar refractivity (Wildman–Crippen MR) is 92.1 cm³/mol. The van der Waals surface area contributed by atoms with Gasteiger partial charge in [-0.05, 0) is 36.9 Å². The van der Waals surface area contributed by atoms with Gasteiger partial charge in [-0.3, -0.25) is 4.79 Å². The zero-order chi connectivity index (χ0) is 16.2. The normalized spacial score (nSPS) is 18.4. The van der Waals surface area contributed by atoms with Crippen LogP contribution < -0.4 is 4.74 Å². The maximum absolute atomic E-state index is 12.9. The highest BCUT2D eigenvalue weighted by Crippen LogP contribution is 2.39. The van der Waals surface area contributed by atoms with Gasteiger partial charge >= 0.3 is 0 Å². The highest BCUT2D eigenvalue weighted by Gasteiger charge is 2.33. The molecule has 0 aromatic heterocycles. The van der Waals surface area contributed by atoms with Crippen molar-refractivity contribution in [2.24, 2.45) is 0 Å². The Morgan fingerprint density at radius 3 is 2.70 bits per heavy atom. The Labute approximate surface area is 140 Å². The quantitative estimate of drug-likeness (QED) is 0.465. The fourth-order valence-electron chi connectivity index (χ4n) is 2.55. The van der Waals surface area contributed by atoms with E-state index in [1.165, 1.54) is 6.26 Å². The van der Waals surface area contributed by atoms with Gasteiger partial charge in [0.2, 0.25) is 0 Å². The van der Waals surface area contributed by atoms with Crippen LogP contribution in [-0.2, 0) is 4.74 Å². The summed E-state index contributed by atoms with van der Waals surface area (Å²) in [5, 5.41) is 0. The minimum atomic E-state index is -0.442. The molecule has 0 spiro atoms. The number of carbonyl (C=O) groups excluding carboxylic acids is 1. The van der Waals surface area contributed by atoms with Crippen molar-refractivity contribution in [3.63, 3.8) is 0 Å². The third-order valence-electron chi connectivity index (χ3n) is 3.70. The molecule has 1 aliphatic rings. The van der Waals surface area contributed by atoms with Gasteiger partial charge in [0, 0.05) is 4.90 Å². The zero-order valence-electron chi connectivity index (χ0n) is 13.1. The summed E-state index contributed by atoms with van der Waals surface area (Å²) in [4.78, 5) is 14.0. The molecule has 3 rings (SSSR count). The topological polar surface area (TPSA) is 35.5 Å². The number of ketones is 1. The van der Waals surface area contributed by atoms with Gasteiger partial charge in [0.05, 0.1) is 24.0 Å². The number of rotatable bonds is 4. The average molecular weight is 326 g/mol. The second-order valence-corrected chi connectivity index (χ2v) is 6.01. The van der Waals surface area contributed by atoms with Crippen molar-refractivity contribution in [2.75, 3.05) is 12.9 Å². The van der Waals surface area contributed by atoms with E-state index in [4.69, 9.17) is 9.47 Å². The summed E-state index contributed by atoms with van der Waals surface area (Å²) < 4.78 is 11.5. The monoisotopic (exact) mass is 326 g/mol. The zero-order valence-corrected chi connectivity index (χ0v) is 13.9. The lowest BCUT2D eigenvalue weighted by atomic mass is 9.92. The van der Waals surface area contributed by atoms with Gasteiger partial charge < -0.3 is 9.47 Å². The second-order valence-electron chi connectivity index (χ2n) is 5.13. The fraction of sp³-hybridized carbons (Fsp3) is 0.211. The molecule has 1 aliphatic heterocycles. The van der Waals surface area contributed by atoms with Crippen molar-refractivity contribution in [3.8, 4) is 5.75 Å². The number of fused-ring (bicyclic) bond motifs is 1. The minimum Gasteiger partial charge on any atom is -0.501 e. The predicted octanol–water partition coefficient (Wildman–Crippen LogP) is 4.65. The molecule has 4 heteroatoms. The molecule has 118 valence electrons. The lowest BCUT2D eigenvalue weighted by molar-refractivity contribution is 0.0948. The Morgan fingerprint density at radius 2 is 2.00 bits per heavy atom. The first-order chi connectivity index (χ1) is 11.2. The molecule has 1 atom stereocenters. The summed E-state index contributed by atoms with van der Waals surface area (Å²) >= 11 is 1.60. The summed E-state index contributed by atoms with van der Waals surface area (Å²) in [5.41, 5.74) is 2.06. The Bertz CT molecular complexity index is 738. The van der Waals surface area contributed by atoms with E-state index in [-0.39, 0.29) is 5.78 Å².